The Morgan fingerprint density at radius 2 is 1.87 bits per heavy atom. The first-order chi connectivity index (χ1) is 11.2. The molecule has 5 nitrogen and oxygen atoms in total. The number of fused-ring (bicyclic) bond motifs is 2. The quantitative estimate of drug-likeness (QED) is 0.862. The van der Waals surface area contributed by atoms with Crippen LogP contribution < -0.4 is 10.5 Å². The van der Waals surface area contributed by atoms with Crippen molar-refractivity contribution in [3.05, 3.63) is 29.8 Å². The minimum atomic E-state index is 0.215. The zero-order valence-corrected chi connectivity index (χ0v) is 13.7. The Hall–Kier alpha value is -1.59. The molecule has 0 spiro atoms. The molecular weight excluding hydrogens is 292 g/mol. The van der Waals surface area contributed by atoms with E-state index in [1.54, 1.807) is 7.11 Å². The van der Waals surface area contributed by atoms with Crippen LogP contribution in [0.3, 0.4) is 0 Å². The van der Waals surface area contributed by atoms with Gasteiger partial charge in [0.05, 0.1) is 12.5 Å². The van der Waals surface area contributed by atoms with Crippen molar-refractivity contribution in [2.24, 2.45) is 17.6 Å². The number of carbonyl (C=O) groups is 1. The molecule has 1 saturated carbocycles. The highest BCUT2D eigenvalue weighted by Crippen LogP contribution is 2.38. The molecule has 1 aromatic carbocycles. The minimum absolute atomic E-state index is 0.215. The maximum atomic E-state index is 12.6. The summed E-state index contributed by atoms with van der Waals surface area (Å²) < 4.78 is 11.1. The first-order valence-corrected chi connectivity index (χ1v) is 8.43. The molecule has 23 heavy (non-hydrogen) atoms. The Morgan fingerprint density at radius 1 is 1.22 bits per heavy atom. The minimum Gasteiger partial charge on any atom is -0.492 e. The molecule has 2 aliphatic rings. The summed E-state index contributed by atoms with van der Waals surface area (Å²) in [4.78, 5) is 14.6. The Labute approximate surface area is 137 Å². The standard InChI is InChI=1S/C18H26N2O3/c1-22-18-14-4-5-15(18)12-20(11-14)17(21)10-13-2-6-16(7-3-13)23-9-8-19/h2-3,6-7,14-15,18H,4-5,8-12,19H2,1H3/t14-,15+,18?. The van der Waals surface area contributed by atoms with Gasteiger partial charge in [-0.1, -0.05) is 12.1 Å². The predicted molar refractivity (Wildman–Crippen MR) is 88.3 cm³/mol. The Morgan fingerprint density at radius 3 is 2.43 bits per heavy atom. The van der Waals surface area contributed by atoms with E-state index < -0.39 is 0 Å². The number of nitrogens with two attached hydrogens (primary N) is 1. The maximum Gasteiger partial charge on any atom is 0.227 e. The molecule has 1 unspecified atom stereocenters. The van der Waals surface area contributed by atoms with Gasteiger partial charge in [0, 0.05) is 38.6 Å². The molecule has 1 aliphatic heterocycles. The lowest BCUT2D eigenvalue weighted by atomic mass is 9.94. The van der Waals surface area contributed by atoms with Crippen LogP contribution >= 0.6 is 0 Å². The smallest absolute Gasteiger partial charge is 0.227 e. The molecule has 126 valence electrons. The number of benzene rings is 1. The lowest BCUT2D eigenvalue weighted by molar-refractivity contribution is -0.135. The molecule has 2 N–H and O–H groups in total. The Bertz CT molecular complexity index is 518. The summed E-state index contributed by atoms with van der Waals surface area (Å²) in [6.45, 7) is 2.69. The van der Waals surface area contributed by atoms with Gasteiger partial charge in [-0.25, -0.2) is 0 Å². The van der Waals surface area contributed by atoms with Crippen LogP contribution in [0.25, 0.3) is 0 Å². The zero-order valence-electron chi connectivity index (χ0n) is 13.7. The number of rotatable bonds is 6. The van der Waals surface area contributed by atoms with Crippen LogP contribution in [0.5, 0.6) is 5.75 Å². The van der Waals surface area contributed by atoms with Crippen molar-refractivity contribution >= 4 is 5.91 Å². The predicted octanol–water partition coefficient (Wildman–Crippen LogP) is 1.45. The number of carbonyl (C=O) groups excluding carboxylic acids is 1. The van der Waals surface area contributed by atoms with E-state index in [0.717, 1.165) is 24.4 Å². The number of hydrogen-bond donors (Lipinski definition) is 1. The second-order valence-corrected chi connectivity index (χ2v) is 6.55. The van der Waals surface area contributed by atoms with E-state index in [1.807, 2.05) is 29.2 Å². The number of ether oxygens (including phenoxy) is 2. The van der Waals surface area contributed by atoms with E-state index >= 15 is 0 Å². The normalized spacial score (nSPS) is 26.3. The average molecular weight is 318 g/mol. The highest BCUT2D eigenvalue weighted by molar-refractivity contribution is 5.79. The summed E-state index contributed by atoms with van der Waals surface area (Å²) in [5.41, 5.74) is 6.44. The molecule has 1 amide bonds. The summed E-state index contributed by atoms with van der Waals surface area (Å²) in [7, 11) is 1.79. The summed E-state index contributed by atoms with van der Waals surface area (Å²) >= 11 is 0. The summed E-state index contributed by atoms with van der Waals surface area (Å²) in [6.07, 6.45) is 3.16. The van der Waals surface area contributed by atoms with Gasteiger partial charge < -0.3 is 20.1 Å². The number of likely N-dealkylation sites (tertiary alicyclic amines) is 1. The van der Waals surface area contributed by atoms with Gasteiger partial charge in [0.2, 0.25) is 5.91 Å². The van der Waals surface area contributed by atoms with E-state index in [-0.39, 0.29) is 5.91 Å². The van der Waals surface area contributed by atoms with Crippen molar-refractivity contribution in [3.63, 3.8) is 0 Å². The average Bonchev–Trinajstić information content (AvgIpc) is 2.82. The fraction of sp³-hybridized carbons (Fsp3) is 0.611. The molecule has 2 fully saturated rings. The summed E-state index contributed by atoms with van der Waals surface area (Å²) in [5, 5.41) is 0. The van der Waals surface area contributed by atoms with Gasteiger partial charge in [-0.3, -0.25) is 4.79 Å². The number of piperidine rings is 1. The molecule has 3 rings (SSSR count). The molecule has 0 aromatic heterocycles. The molecule has 1 aromatic rings. The molecule has 0 radical (unpaired) electrons. The van der Waals surface area contributed by atoms with Gasteiger partial charge in [0.1, 0.15) is 12.4 Å². The topological polar surface area (TPSA) is 64.8 Å². The van der Waals surface area contributed by atoms with Crippen LogP contribution in [-0.2, 0) is 16.0 Å². The Balaban J connectivity index is 1.55. The molecule has 3 atom stereocenters. The highest BCUT2D eigenvalue weighted by atomic mass is 16.5. The molecule has 1 aliphatic carbocycles. The van der Waals surface area contributed by atoms with Gasteiger partial charge in [-0.05, 0) is 30.5 Å². The second kappa shape index (κ2) is 7.32. The van der Waals surface area contributed by atoms with Crippen LogP contribution in [0.1, 0.15) is 18.4 Å². The largest absolute Gasteiger partial charge is 0.492 e. The number of amides is 1. The van der Waals surface area contributed by atoms with Crippen LogP contribution in [0, 0.1) is 11.8 Å². The van der Waals surface area contributed by atoms with E-state index in [4.69, 9.17) is 15.2 Å². The van der Waals surface area contributed by atoms with Gasteiger partial charge in [-0.2, -0.15) is 0 Å². The molecule has 1 heterocycles. The Kier molecular flexibility index (Phi) is 5.18. The molecule has 5 heteroatoms. The van der Waals surface area contributed by atoms with Crippen LogP contribution in [0.4, 0.5) is 0 Å². The van der Waals surface area contributed by atoms with Gasteiger partial charge >= 0.3 is 0 Å². The maximum absolute atomic E-state index is 12.6. The SMILES string of the molecule is COC1[C@@H]2CC[C@H]1CN(C(=O)Cc1ccc(OCCN)cc1)C2. The fourth-order valence-corrected chi connectivity index (χ4v) is 3.93. The van der Waals surface area contributed by atoms with Gasteiger partial charge in [-0.15, -0.1) is 0 Å². The van der Waals surface area contributed by atoms with Gasteiger partial charge in [0.15, 0.2) is 0 Å². The monoisotopic (exact) mass is 318 g/mol. The molecule has 2 bridgehead atoms. The van der Waals surface area contributed by atoms with Crippen molar-refractivity contribution in [3.8, 4) is 5.75 Å². The van der Waals surface area contributed by atoms with E-state index in [9.17, 15) is 4.79 Å². The van der Waals surface area contributed by atoms with Crippen molar-refractivity contribution in [1.29, 1.82) is 0 Å². The third kappa shape index (κ3) is 3.67. The zero-order chi connectivity index (χ0) is 16.2. The van der Waals surface area contributed by atoms with Crippen LogP contribution in [-0.4, -0.2) is 50.3 Å². The second-order valence-electron chi connectivity index (χ2n) is 6.55. The first-order valence-electron chi connectivity index (χ1n) is 8.43. The van der Waals surface area contributed by atoms with Crippen molar-refractivity contribution in [2.75, 3.05) is 33.4 Å². The lowest BCUT2D eigenvalue weighted by Crippen LogP contribution is -2.48. The highest BCUT2D eigenvalue weighted by Gasteiger charge is 2.43. The van der Waals surface area contributed by atoms with E-state index in [1.165, 1.54) is 12.8 Å². The number of nitrogens with zero attached hydrogens (tertiary/aromatic N) is 1. The van der Waals surface area contributed by atoms with Crippen LogP contribution in [0.2, 0.25) is 0 Å². The van der Waals surface area contributed by atoms with E-state index in [2.05, 4.69) is 0 Å². The fourth-order valence-electron chi connectivity index (χ4n) is 3.93. The van der Waals surface area contributed by atoms with Crippen molar-refractivity contribution in [1.82, 2.24) is 4.90 Å². The van der Waals surface area contributed by atoms with Gasteiger partial charge in [0.25, 0.3) is 0 Å². The van der Waals surface area contributed by atoms with Crippen molar-refractivity contribution in [2.45, 2.75) is 25.4 Å². The lowest BCUT2D eigenvalue weighted by Gasteiger charge is -2.37. The van der Waals surface area contributed by atoms with Crippen molar-refractivity contribution < 1.29 is 14.3 Å². The molecular formula is C18H26N2O3. The summed E-state index contributed by atoms with van der Waals surface area (Å²) in [5.74, 6) is 2.03. The molecule has 1 saturated heterocycles. The number of methoxy groups -OCH3 is 1. The van der Waals surface area contributed by atoms with E-state index in [0.29, 0.717) is 37.5 Å². The number of hydrogen-bond acceptors (Lipinski definition) is 4. The third-order valence-electron chi connectivity index (χ3n) is 5.04. The third-order valence-corrected chi connectivity index (χ3v) is 5.04. The first kappa shape index (κ1) is 16.3. The van der Waals surface area contributed by atoms with Crippen LogP contribution in [0.15, 0.2) is 24.3 Å². The summed E-state index contributed by atoms with van der Waals surface area (Å²) in [6, 6.07) is 7.72.